The molecule has 3 fully saturated rings. The minimum absolute atomic E-state index is 0.395. The molecule has 1 aromatic carbocycles. The zero-order chi connectivity index (χ0) is 13.4. The first-order valence-electron chi connectivity index (χ1n) is 6.72. The van der Waals surface area contributed by atoms with Crippen molar-refractivity contribution < 1.29 is 0 Å². The molecule has 1 atom stereocenters. The van der Waals surface area contributed by atoms with Crippen LogP contribution in [0.3, 0.4) is 0 Å². The van der Waals surface area contributed by atoms with E-state index in [9.17, 15) is 0 Å². The van der Waals surface area contributed by atoms with Crippen LogP contribution >= 0.6 is 23.8 Å². The van der Waals surface area contributed by atoms with Gasteiger partial charge in [-0.05, 0) is 50.0 Å². The zero-order valence-corrected chi connectivity index (χ0v) is 12.3. The normalized spacial score (nSPS) is 29.2. The predicted molar refractivity (Wildman–Crippen MR) is 83.9 cm³/mol. The second-order valence-electron chi connectivity index (χ2n) is 5.44. The van der Waals surface area contributed by atoms with Crippen LogP contribution in [0.5, 0.6) is 0 Å². The van der Waals surface area contributed by atoms with Crippen molar-refractivity contribution in [2.24, 2.45) is 11.7 Å². The molecule has 3 aliphatic rings. The van der Waals surface area contributed by atoms with Crippen molar-refractivity contribution in [1.29, 1.82) is 0 Å². The monoisotopic (exact) mass is 295 g/mol. The average molecular weight is 296 g/mol. The van der Waals surface area contributed by atoms with E-state index >= 15 is 0 Å². The van der Waals surface area contributed by atoms with Gasteiger partial charge in [0, 0.05) is 28.9 Å². The molecule has 19 heavy (non-hydrogen) atoms. The van der Waals surface area contributed by atoms with Gasteiger partial charge in [-0.3, -0.25) is 0 Å². The fourth-order valence-electron chi connectivity index (χ4n) is 3.17. The number of benzene rings is 1. The van der Waals surface area contributed by atoms with E-state index in [0.717, 1.165) is 23.7 Å². The summed E-state index contributed by atoms with van der Waals surface area (Å²) in [5.41, 5.74) is 7.64. The quantitative estimate of drug-likeness (QED) is 0.841. The van der Waals surface area contributed by atoms with E-state index in [2.05, 4.69) is 10.2 Å². The molecule has 3 heterocycles. The Labute approximate surface area is 124 Å². The highest BCUT2D eigenvalue weighted by Crippen LogP contribution is 2.31. The van der Waals surface area contributed by atoms with Crippen LogP contribution in [-0.4, -0.2) is 35.6 Å². The maximum atomic E-state index is 6.02. The van der Waals surface area contributed by atoms with Crippen molar-refractivity contribution in [3.63, 3.8) is 0 Å². The Morgan fingerprint density at radius 2 is 2.11 bits per heavy atom. The van der Waals surface area contributed by atoms with E-state index in [1.165, 1.54) is 25.9 Å². The van der Waals surface area contributed by atoms with Gasteiger partial charge in [-0.1, -0.05) is 23.8 Å². The second-order valence-corrected chi connectivity index (χ2v) is 6.32. The van der Waals surface area contributed by atoms with Gasteiger partial charge < -0.3 is 16.0 Å². The lowest BCUT2D eigenvalue weighted by Gasteiger charge is -2.45. The third-order valence-electron chi connectivity index (χ3n) is 4.24. The lowest BCUT2D eigenvalue weighted by molar-refractivity contribution is 0.0975. The Hall–Kier alpha value is -0.840. The van der Waals surface area contributed by atoms with Gasteiger partial charge in [-0.15, -0.1) is 0 Å². The van der Waals surface area contributed by atoms with Gasteiger partial charge in [0.05, 0.1) is 0 Å². The fraction of sp³-hybridized carbons (Fsp3) is 0.500. The fourth-order valence-corrected chi connectivity index (χ4v) is 3.52. The number of fused-ring (bicyclic) bond motifs is 3. The number of piperidine rings is 3. The standard InChI is InChI=1S/C14H18ClN3S/c15-10-1-2-12(11(7-10)14(16)19)17-13-8-18-5-3-9(13)4-6-18/h1-2,7,9,13,17H,3-6,8H2,(H2,16,19). The lowest BCUT2D eigenvalue weighted by Crippen LogP contribution is -2.53. The number of halogens is 1. The summed E-state index contributed by atoms with van der Waals surface area (Å²) < 4.78 is 0. The molecule has 3 saturated heterocycles. The van der Waals surface area contributed by atoms with Gasteiger partial charge in [-0.2, -0.15) is 0 Å². The predicted octanol–water partition coefficient (Wildman–Crippen LogP) is 2.48. The molecule has 2 bridgehead atoms. The first-order chi connectivity index (χ1) is 9.13. The van der Waals surface area contributed by atoms with Crippen LogP contribution < -0.4 is 11.1 Å². The van der Waals surface area contributed by atoms with Gasteiger partial charge in [0.25, 0.3) is 0 Å². The largest absolute Gasteiger partial charge is 0.389 e. The molecule has 102 valence electrons. The van der Waals surface area contributed by atoms with E-state index in [1.807, 2.05) is 18.2 Å². The molecule has 4 rings (SSSR count). The summed E-state index contributed by atoms with van der Waals surface area (Å²) >= 11 is 11.1. The summed E-state index contributed by atoms with van der Waals surface area (Å²) in [4.78, 5) is 2.92. The summed E-state index contributed by atoms with van der Waals surface area (Å²) in [5, 5.41) is 4.29. The van der Waals surface area contributed by atoms with Crippen molar-refractivity contribution in [2.45, 2.75) is 18.9 Å². The molecule has 1 aromatic rings. The molecule has 0 saturated carbocycles. The number of rotatable bonds is 3. The lowest BCUT2D eigenvalue weighted by atomic mass is 9.84. The van der Waals surface area contributed by atoms with E-state index in [1.54, 1.807) is 0 Å². The van der Waals surface area contributed by atoms with Crippen molar-refractivity contribution in [3.8, 4) is 0 Å². The average Bonchev–Trinajstić information content (AvgIpc) is 2.42. The molecule has 3 aliphatic heterocycles. The van der Waals surface area contributed by atoms with E-state index in [-0.39, 0.29) is 0 Å². The van der Waals surface area contributed by atoms with Crippen molar-refractivity contribution >= 4 is 34.5 Å². The third kappa shape index (κ3) is 2.71. The number of nitrogens with zero attached hydrogens (tertiary/aromatic N) is 1. The molecule has 0 amide bonds. The SMILES string of the molecule is NC(=S)c1cc(Cl)ccc1NC1CN2CCC1CC2. The summed E-state index contributed by atoms with van der Waals surface area (Å²) in [7, 11) is 0. The van der Waals surface area contributed by atoms with Crippen molar-refractivity contribution in [2.75, 3.05) is 25.0 Å². The minimum atomic E-state index is 0.395. The van der Waals surface area contributed by atoms with Gasteiger partial charge in [-0.25, -0.2) is 0 Å². The molecular formula is C14H18ClN3S. The summed E-state index contributed by atoms with van der Waals surface area (Å²) in [6.07, 6.45) is 2.57. The van der Waals surface area contributed by atoms with Crippen molar-refractivity contribution in [1.82, 2.24) is 4.90 Å². The van der Waals surface area contributed by atoms with Crippen LogP contribution in [0, 0.1) is 5.92 Å². The first kappa shape index (κ1) is 13.2. The maximum absolute atomic E-state index is 6.02. The van der Waals surface area contributed by atoms with Crippen LogP contribution in [-0.2, 0) is 0 Å². The summed E-state index contributed by atoms with van der Waals surface area (Å²) in [6.45, 7) is 3.60. The molecule has 5 heteroatoms. The van der Waals surface area contributed by atoms with Gasteiger partial charge >= 0.3 is 0 Å². The van der Waals surface area contributed by atoms with Crippen molar-refractivity contribution in [3.05, 3.63) is 28.8 Å². The topological polar surface area (TPSA) is 41.3 Å². The highest BCUT2D eigenvalue weighted by Gasteiger charge is 2.34. The number of nitrogens with one attached hydrogen (secondary N) is 1. The molecule has 1 unspecified atom stereocenters. The molecular weight excluding hydrogens is 278 g/mol. The number of anilines is 1. The van der Waals surface area contributed by atoms with Crippen LogP contribution in [0.4, 0.5) is 5.69 Å². The molecule has 0 aromatic heterocycles. The Morgan fingerprint density at radius 1 is 1.37 bits per heavy atom. The number of hydrogen-bond acceptors (Lipinski definition) is 3. The maximum Gasteiger partial charge on any atom is 0.106 e. The summed E-state index contributed by atoms with van der Waals surface area (Å²) in [5.74, 6) is 0.764. The molecule has 0 radical (unpaired) electrons. The van der Waals surface area contributed by atoms with Gasteiger partial charge in [0.15, 0.2) is 0 Å². The Morgan fingerprint density at radius 3 is 2.68 bits per heavy atom. The molecule has 3 N–H and O–H groups in total. The number of hydrogen-bond donors (Lipinski definition) is 2. The molecule has 0 aliphatic carbocycles. The van der Waals surface area contributed by atoms with Gasteiger partial charge in [0.2, 0.25) is 0 Å². The van der Waals surface area contributed by atoms with Crippen LogP contribution in [0.2, 0.25) is 5.02 Å². The highest BCUT2D eigenvalue weighted by molar-refractivity contribution is 7.80. The highest BCUT2D eigenvalue weighted by atomic mass is 35.5. The van der Waals surface area contributed by atoms with Gasteiger partial charge in [0.1, 0.15) is 4.99 Å². The molecule has 3 nitrogen and oxygen atoms in total. The van der Waals surface area contributed by atoms with E-state index in [0.29, 0.717) is 16.1 Å². The van der Waals surface area contributed by atoms with Crippen LogP contribution in [0.15, 0.2) is 18.2 Å². The smallest absolute Gasteiger partial charge is 0.106 e. The number of thiocarbonyl (C=S) groups is 1. The Bertz CT molecular complexity index is 497. The van der Waals surface area contributed by atoms with E-state index in [4.69, 9.17) is 29.6 Å². The Kier molecular flexibility index (Phi) is 3.65. The number of nitrogens with two attached hydrogens (primary N) is 1. The second kappa shape index (κ2) is 5.27. The zero-order valence-electron chi connectivity index (χ0n) is 10.7. The molecule has 0 spiro atoms. The summed E-state index contributed by atoms with van der Waals surface area (Å²) in [6, 6.07) is 6.20. The first-order valence-corrected chi connectivity index (χ1v) is 7.50. The van der Waals surface area contributed by atoms with Crippen LogP contribution in [0.1, 0.15) is 18.4 Å². The third-order valence-corrected chi connectivity index (χ3v) is 4.70. The van der Waals surface area contributed by atoms with Crippen LogP contribution in [0.25, 0.3) is 0 Å². The Balaban J connectivity index is 1.81. The van der Waals surface area contributed by atoms with E-state index < -0.39 is 0 Å². The minimum Gasteiger partial charge on any atom is -0.389 e.